The largest absolute Gasteiger partial charge is 0.339 e. The lowest BCUT2D eigenvalue weighted by molar-refractivity contribution is 0.947. The minimum Gasteiger partial charge on any atom is -0.339 e. The zero-order chi connectivity index (χ0) is 13.4. The lowest BCUT2D eigenvalue weighted by Gasteiger charge is -2.10. The maximum atomic E-state index is 6.19. The summed E-state index contributed by atoms with van der Waals surface area (Å²) >= 11 is 12.1. The van der Waals surface area contributed by atoms with Gasteiger partial charge >= 0.3 is 0 Å². The van der Waals surface area contributed by atoms with E-state index in [9.17, 15) is 0 Å². The van der Waals surface area contributed by atoms with Crippen LogP contribution in [-0.4, -0.2) is 19.6 Å². The number of rotatable bonds is 2. The monoisotopic (exact) mass is 293 g/mol. The van der Waals surface area contributed by atoms with Crippen molar-refractivity contribution in [3.63, 3.8) is 0 Å². The minimum atomic E-state index is 0.339. The maximum absolute atomic E-state index is 6.19. The van der Waals surface area contributed by atoms with Crippen LogP contribution in [0.25, 0.3) is 5.78 Å². The van der Waals surface area contributed by atoms with Crippen molar-refractivity contribution in [3.8, 4) is 0 Å². The molecule has 0 radical (unpaired) electrons. The third kappa shape index (κ3) is 2.34. The predicted octanol–water partition coefficient (Wildman–Crippen LogP) is 3.48. The lowest BCUT2D eigenvalue weighted by Crippen LogP contribution is -2.02. The molecule has 1 N–H and O–H groups in total. The molecule has 0 bridgehead atoms. The second-order valence-corrected chi connectivity index (χ2v) is 4.84. The van der Waals surface area contributed by atoms with E-state index in [1.165, 1.54) is 6.33 Å². The van der Waals surface area contributed by atoms with Crippen LogP contribution in [0, 0.1) is 6.92 Å². The molecular formula is C12H9Cl2N5. The number of fused-ring (bicyclic) bond motifs is 1. The molecule has 3 aromatic rings. The van der Waals surface area contributed by atoms with Crippen molar-refractivity contribution in [2.45, 2.75) is 6.92 Å². The van der Waals surface area contributed by atoms with Gasteiger partial charge in [0, 0.05) is 6.07 Å². The number of anilines is 2. The van der Waals surface area contributed by atoms with Crippen LogP contribution in [0.15, 0.2) is 30.6 Å². The summed E-state index contributed by atoms with van der Waals surface area (Å²) < 4.78 is 1.56. The van der Waals surface area contributed by atoms with Gasteiger partial charge in [-0.2, -0.15) is 19.6 Å². The van der Waals surface area contributed by atoms with E-state index < -0.39 is 0 Å². The number of halogens is 2. The predicted molar refractivity (Wildman–Crippen MR) is 75.3 cm³/mol. The second-order valence-electron chi connectivity index (χ2n) is 4.04. The van der Waals surface area contributed by atoms with E-state index in [0.717, 1.165) is 11.3 Å². The third-order valence-corrected chi connectivity index (χ3v) is 3.11. The molecule has 0 aliphatic heterocycles. The molecule has 0 aliphatic rings. The zero-order valence-electron chi connectivity index (χ0n) is 9.93. The van der Waals surface area contributed by atoms with E-state index in [4.69, 9.17) is 23.2 Å². The van der Waals surface area contributed by atoms with Crippen LogP contribution in [0.3, 0.4) is 0 Å². The van der Waals surface area contributed by atoms with E-state index >= 15 is 0 Å². The molecule has 0 atom stereocenters. The van der Waals surface area contributed by atoms with E-state index in [2.05, 4.69) is 20.4 Å². The van der Waals surface area contributed by atoms with Crippen molar-refractivity contribution in [2.24, 2.45) is 0 Å². The molecule has 1 aromatic carbocycles. The van der Waals surface area contributed by atoms with Crippen molar-refractivity contribution < 1.29 is 0 Å². The Morgan fingerprint density at radius 1 is 1.21 bits per heavy atom. The van der Waals surface area contributed by atoms with Gasteiger partial charge in [0.15, 0.2) is 0 Å². The molecule has 0 fully saturated rings. The van der Waals surface area contributed by atoms with Gasteiger partial charge in [-0.3, -0.25) is 0 Å². The Hall–Kier alpha value is -1.85. The molecule has 0 unspecified atom stereocenters. The molecular weight excluding hydrogens is 285 g/mol. The van der Waals surface area contributed by atoms with Gasteiger partial charge in [0.2, 0.25) is 0 Å². The number of nitrogens with one attached hydrogen (secondary N) is 1. The van der Waals surface area contributed by atoms with Crippen molar-refractivity contribution in [1.29, 1.82) is 0 Å². The van der Waals surface area contributed by atoms with Gasteiger partial charge < -0.3 is 5.32 Å². The van der Waals surface area contributed by atoms with Crippen LogP contribution in [0.5, 0.6) is 0 Å². The fraction of sp³-hybridized carbons (Fsp3) is 0.0833. The highest BCUT2D eigenvalue weighted by Gasteiger charge is 2.08. The fourth-order valence-corrected chi connectivity index (χ4v) is 2.19. The highest BCUT2D eigenvalue weighted by Crippen LogP contribution is 2.27. The Labute approximate surface area is 119 Å². The quantitative estimate of drug-likeness (QED) is 0.735. The minimum absolute atomic E-state index is 0.339. The molecule has 3 rings (SSSR count). The highest BCUT2D eigenvalue weighted by molar-refractivity contribution is 6.33. The van der Waals surface area contributed by atoms with Gasteiger partial charge in [0.05, 0.1) is 10.7 Å². The summed E-state index contributed by atoms with van der Waals surface area (Å²) in [4.78, 5) is 8.06. The van der Waals surface area contributed by atoms with Crippen LogP contribution in [0.1, 0.15) is 5.56 Å². The first-order valence-electron chi connectivity index (χ1n) is 5.53. The fourth-order valence-electron chi connectivity index (χ4n) is 1.73. The van der Waals surface area contributed by atoms with Crippen molar-refractivity contribution in [1.82, 2.24) is 19.6 Å². The SMILES string of the molecule is Cc1ccc(Nc2cc(Cl)nc3ncnn23)c(Cl)c1. The van der Waals surface area contributed by atoms with E-state index in [1.807, 2.05) is 25.1 Å². The summed E-state index contributed by atoms with van der Waals surface area (Å²) in [6.45, 7) is 1.98. The van der Waals surface area contributed by atoms with Crippen molar-refractivity contribution in [2.75, 3.05) is 5.32 Å². The van der Waals surface area contributed by atoms with Crippen LogP contribution in [0.4, 0.5) is 11.5 Å². The number of hydrogen-bond acceptors (Lipinski definition) is 4. The van der Waals surface area contributed by atoms with Gasteiger partial charge in [-0.15, -0.1) is 0 Å². The van der Waals surface area contributed by atoms with Gasteiger partial charge in [0.1, 0.15) is 17.3 Å². The first-order chi connectivity index (χ1) is 9.13. The number of benzene rings is 1. The smallest absolute Gasteiger partial charge is 0.255 e. The number of aryl methyl sites for hydroxylation is 1. The number of hydrogen-bond donors (Lipinski definition) is 1. The average Bonchev–Trinajstić information content (AvgIpc) is 2.80. The molecule has 2 heterocycles. The van der Waals surface area contributed by atoms with Crippen molar-refractivity contribution in [3.05, 3.63) is 46.3 Å². The summed E-state index contributed by atoms with van der Waals surface area (Å²) in [6.07, 6.45) is 1.42. The standard InChI is InChI=1S/C12H9Cl2N5/c1-7-2-3-9(8(13)4-7)17-11-5-10(14)18-12-15-6-16-19(11)12/h2-6,17H,1H3. The van der Waals surface area contributed by atoms with Crippen LogP contribution >= 0.6 is 23.2 Å². The molecule has 0 spiro atoms. The van der Waals surface area contributed by atoms with Gasteiger partial charge in [-0.25, -0.2) is 0 Å². The van der Waals surface area contributed by atoms with E-state index in [-0.39, 0.29) is 0 Å². The van der Waals surface area contributed by atoms with Crippen LogP contribution in [-0.2, 0) is 0 Å². The second kappa shape index (κ2) is 4.68. The Morgan fingerprint density at radius 3 is 2.84 bits per heavy atom. The number of nitrogens with zero attached hydrogens (tertiary/aromatic N) is 4. The molecule has 0 saturated heterocycles. The van der Waals surface area contributed by atoms with Crippen LogP contribution < -0.4 is 5.32 Å². The third-order valence-electron chi connectivity index (χ3n) is 2.61. The topological polar surface area (TPSA) is 55.1 Å². The molecule has 19 heavy (non-hydrogen) atoms. The summed E-state index contributed by atoms with van der Waals surface area (Å²) in [5, 5.41) is 8.22. The lowest BCUT2D eigenvalue weighted by atomic mass is 10.2. The number of aromatic nitrogens is 4. The first kappa shape index (κ1) is 12.2. The Balaban J connectivity index is 2.07. The zero-order valence-corrected chi connectivity index (χ0v) is 11.4. The summed E-state index contributed by atoms with van der Waals surface area (Å²) in [7, 11) is 0. The Morgan fingerprint density at radius 2 is 2.05 bits per heavy atom. The summed E-state index contributed by atoms with van der Waals surface area (Å²) in [5.41, 5.74) is 1.86. The molecule has 0 aliphatic carbocycles. The Bertz CT molecular complexity index is 753. The average molecular weight is 294 g/mol. The molecule has 0 amide bonds. The normalized spacial score (nSPS) is 10.9. The van der Waals surface area contributed by atoms with Gasteiger partial charge in [-0.05, 0) is 24.6 Å². The summed E-state index contributed by atoms with van der Waals surface area (Å²) in [6, 6.07) is 7.41. The van der Waals surface area contributed by atoms with E-state index in [1.54, 1.807) is 10.6 Å². The van der Waals surface area contributed by atoms with Gasteiger partial charge in [0.25, 0.3) is 5.78 Å². The van der Waals surface area contributed by atoms with Crippen molar-refractivity contribution >= 4 is 40.5 Å². The molecule has 7 heteroatoms. The molecule has 2 aromatic heterocycles. The molecule has 0 saturated carbocycles. The Kier molecular flexibility index (Phi) is 3.00. The first-order valence-corrected chi connectivity index (χ1v) is 6.28. The molecule has 5 nitrogen and oxygen atoms in total. The maximum Gasteiger partial charge on any atom is 0.255 e. The summed E-state index contributed by atoms with van der Waals surface area (Å²) in [5.74, 6) is 1.08. The van der Waals surface area contributed by atoms with Gasteiger partial charge in [-0.1, -0.05) is 29.3 Å². The highest BCUT2D eigenvalue weighted by atomic mass is 35.5. The molecule has 96 valence electrons. The van der Waals surface area contributed by atoms with Crippen LogP contribution in [0.2, 0.25) is 10.2 Å². The van der Waals surface area contributed by atoms with E-state index in [0.29, 0.717) is 21.8 Å².